The smallest absolute Gasteiger partial charge is 0.163 e. The molecule has 2 aromatic carbocycles. The van der Waals surface area contributed by atoms with Crippen molar-refractivity contribution in [1.29, 1.82) is 0 Å². The third-order valence-electron chi connectivity index (χ3n) is 4.89. The minimum absolute atomic E-state index is 0. The molecule has 0 saturated carbocycles. The highest BCUT2D eigenvalue weighted by atomic mass is 35.5. The van der Waals surface area contributed by atoms with Crippen LogP contribution in [0.25, 0.3) is 21.8 Å². The number of anilines is 2. The van der Waals surface area contributed by atoms with Crippen LogP contribution in [0.5, 0.6) is 11.5 Å². The third kappa shape index (κ3) is 4.24. The van der Waals surface area contributed by atoms with E-state index in [1.54, 1.807) is 25.8 Å². The number of benzene rings is 2. The van der Waals surface area contributed by atoms with Gasteiger partial charge in [-0.3, -0.25) is 0 Å². The van der Waals surface area contributed by atoms with Crippen molar-refractivity contribution >= 4 is 45.7 Å². The molecule has 3 N–H and O–H groups in total. The minimum Gasteiger partial charge on any atom is -0.493 e. The maximum absolute atomic E-state index is 5.94. The van der Waals surface area contributed by atoms with Gasteiger partial charge in [-0.2, -0.15) is 0 Å². The zero-order valence-corrected chi connectivity index (χ0v) is 17.6. The van der Waals surface area contributed by atoms with Gasteiger partial charge in [0.15, 0.2) is 11.5 Å². The van der Waals surface area contributed by atoms with Crippen LogP contribution >= 0.6 is 12.4 Å². The fourth-order valence-electron chi connectivity index (χ4n) is 3.40. The maximum atomic E-state index is 5.94. The van der Waals surface area contributed by atoms with Gasteiger partial charge < -0.3 is 24.8 Å². The Labute approximate surface area is 184 Å². The number of hydrogen-bond donors (Lipinski definition) is 3. The number of ether oxygens (including phenoxy) is 2. The van der Waals surface area contributed by atoms with Crippen LogP contribution in [-0.4, -0.2) is 38.6 Å². The highest BCUT2D eigenvalue weighted by Gasteiger charge is 2.12. The van der Waals surface area contributed by atoms with Gasteiger partial charge in [-0.1, -0.05) is 0 Å². The van der Waals surface area contributed by atoms with Crippen LogP contribution in [-0.2, 0) is 6.42 Å². The number of methoxy groups -OCH3 is 1. The van der Waals surface area contributed by atoms with Gasteiger partial charge in [0.25, 0.3) is 0 Å². The molecule has 0 saturated heterocycles. The molecule has 3 aromatic heterocycles. The Balaban J connectivity index is 0.00000231. The molecule has 8 nitrogen and oxygen atoms in total. The van der Waals surface area contributed by atoms with E-state index >= 15 is 0 Å². The van der Waals surface area contributed by atoms with Gasteiger partial charge in [0, 0.05) is 53.1 Å². The number of aromatic nitrogens is 5. The monoisotopic (exact) mass is 436 g/mol. The Morgan fingerprint density at radius 1 is 0.968 bits per heavy atom. The summed E-state index contributed by atoms with van der Waals surface area (Å²) in [6.45, 7) is 0.474. The van der Waals surface area contributed by atoms with Crippen LogP contribution in [0.3, 0.4) is 0 Å². The first-order chi connectivity index (χ1) is 14.8. The molecule has 0 spiro atoms. The molecular formula is C22H21ClN6O2. The molecular weight excluding hydrogens is 416 g/mol. The van der Waals surface area contributed by atoms with E-state index in [0.29, 0.717) is 30.3 Å². The van der Waals surface area contributed by atoms with E-state index in [9.17, 15) is 0 Å². The standard InChI is InChI=1S/C22H20N6O2.ClH/c1-29-19-11-16-18(12-20(19)30-9-5-21-24-7-8-25-21)26-13-27-22(16)28-15-2-3-17-14(10-15)4-6-23-17;/h2-4,6-8,10-13,23H,5,9H2,1H3,(H,24,25)(H,26,27,28);1H. The van der Waals surface area contributed by atoms with Gasteiger partial charge in [-0.25, -0.2) is 15.0 Å². The van der Waals surface area contributed by atoms with E-state index in [1.807, 2.05) is 36.5 Å². The summed E-state index contributed by atoms with van der Waals surface area (Å²) in [4.78, 5) is 19.3. The Bertz CT molecular complexity index is 1300. The van der Waals surface area contributed by atoms with E-state index < -0.39 is 0 Å². The number of hydrogen-bond acceptors (Lipinski definition) is 6. The average Bonchev–Trinajstić information content (AvgIpc) is 3.45. The van der Waals surface area contributed by atoms with Crippen LogP contribution in [0.1, 0.15) is 5.82 Å². The third-order valence-corrected chi connectivity index (χ3v) is 4.89. The van der Waals surface area contributed by atoms with Gasteiger partial charge in [0.05, 0.1) is 19.2 Å². The fraction of sp³-hybridized carbons (Fsp3) is 0.136. The van der Waals surface area contributed by atoms with Crippen LogP contribution in [0.2, 0.25) is 0 Å². The van der Waals surface area contributed by atoms with Gasteiger partial charge in [0.2, 0.25) is 0 Å². The van der Waals surface area contributed by atoms with Crippen LogP contribution in [0.4, 0.5) is 11.5 Å². The lowest BCUT2D eigenvalue weighted by Gasteiger charge is -2.13. The quantitative estimate of drug-likeness (QED) is 0.344. The molecule has 9 heteroatoms. The molecule has 0 aliphatic carbocycles. The molecule has 0 radical (unpaired) electrons. The highest BCUT2D eigenvalue weighted by molar-refractivity contribution is 5.94. The normalized spacial score (nSPS) is 10.7. The van der Waals surface area contributed by atoms with E-state index in [0.717, 1.165) is 33.3 Å². The summed E-state index contributed by atoms with van der Waals surface area (Å²) in [7, 11) is 1.62. The number of rotatable bonds is 7. The number of imidazole rings is 1. The lowest BCUT2D eigenvalue weighted by molar-refractivity contribution is 0.296. The number of nitrogens with zero attached hydrogens (tertiary/aromatic N) is 3. The predicted octanol–water partition coefficient (Wildman–Crippen LogP) is 4.63. The molecule has 3 heterocycles. The summed E-state index contributed by atoms with van der Waals surface area (Å²) in [6.07, 6.45) is 7.66. The van der Waals surface area contributed by atoms with Crippen LogP contribution in [0, 0.1) is 0 Å². The Morgan fingerprint density at radius 2 is 1.90 bits per heavy atom. The number of H-pyrrole nitrogens is 2. The minimum atomic E-state index is 0. The van der Waals surface area contributed by atoms with Crippen molar-refractivity contribution in [3.63, 3.8) is 0 Å². The van der Waals surface area contributed by atoms with Crippen molar-refractivity contribution in [3.05, 3.63) is 67.1 Å². The predicted molar refractivity (Wildman–Crippen MR) is 123 cm³/mol. The van der Waals surface area contributed by atoms with Crippen LogP contribution < -0.4 is 14.8 Å². The van der Waals surface area contributed by atoms with Gasteiger partial charge in [-0.05, 0) is 30.3 Å². The Morgan fingerprint density at radius 3 is 2.74 bits per heavy atom. The molecule has 5 rings (SSSR count). The largest absolute Gasteiger partial charge is 0.493 e. The van der Waals surface area contributed by atoms with Gasteiger partial charge >= 0.3 is 0 Å². The van der Waals surface area contributed by atoms with Crippen molar-refractivity contribution in [2.75, 3.05) is 19.0 Å². The molecule has 0 aliphatic heterocycles. The summed E-state index contributed by atoms with van der Waals surface area (Å²) in [6, 6.07) is 11.9. The zero-order valence-electron chi connectivity index (χ0n) is 16.8. The number of fused-ring (bicyclic) bond motifs is 2. The van der Waals surface area contributed by atoms with Crippen molar-refractivity contribution in [1.82, 2.24) is 24.9 Å². The first-order valence-electron chi connectivity index (χ1n) is 9.58. The van der Waals surface area contributed by atoms with Crippen molar-refractivity contribution in [3.8, 4) is 11.5 Å². The summed E-state index contributed by atoms with van der Waals surface area (Å²) in [5.74, 6) is 2.84. The number of halogens is 1. The Kier molecular flexibility index (Phi) is 5.90. The van der Waals surface area contributed by atoms with Crippen LogP contribution in [0.15, 0.2) is 61.3 Å². The van der Waals surface area contributed by atoms with Gasteiger partial charge in [0.1, 0.15) is 18.0 Å². The van der Waals surface area contributed by atoms with E-state index in [-0.39, 0.29) is 12.4 Å². The van der Waals surface area contributed by atoms with Crippen molar-refractivity contribution < 1.29 is 9.47 Å². The fourth-order valence-corrected chi connectivity index (χ4v) is 3.40. The second-order valence-electron chi connectivity index (χ2n) is 6.78. The summed E-state index contributed by atoms with van der Waals surface area (Å²) >= 11 is 0. The van der Waals surface area contributed by atoms with Gasteiger partial charge in [-0.15, -0.1) is 12.4 Å². The first kappa shape index (κ1) is 20.5. The SMILES string of the molecule is COc1cc2c(Nc3ccc4[nH]ccc4c3)ncnc2cc1OCCc1ncc[nH]1.Cl. The van der Waals surface area contributed by atoms with E-state index in [4.69, 9.17) is 9.47 Å². The lowest BCUT2D eigenvalue weighted by atomic mass is 10.2. The molecule has 0 aliphatic rings. The van der Waals surface area contributed by atoms with Crippen molar-refractivity contribution in [2.45, 2.75) is 6.42 Å². The molecule has 158 valence electrons. The average molecular weight is 437 g/mol. The topological polar surface area (TPSA) is 101 Å². The number of aromatic amines is 2. The zero-order chi connectivity index (χ0) is 20.3. The molecule has 31 heavy (non-hydrogen) atoms. The second-order valence-corrected chi connectivity index (χ2v) is 6.78. The highest BCUT2D eigenvalue weighted by Crippen LogP contribution is 2.35. The first-order valence-corrected chi connectivity index (χ1v) is 9.58. The van der Waals surface area contributed by atoms with E-state index in [1.165, 1.54) is 0 Å². The molecule has 0 fully saturated rings. The Hall–Kier alpha value is -3.78. The molecule has 0 amide bonds. The van der Waals surface area contributed by atoms with E-state index in [2.05, 4.69) is 36.3 Å². The maximum Gasteiger partial charge on any atom is 0.163 e. The van der Waals surface area contributed by atoms with Crippen molar-refractivity contribution in [2.24, 2.45) is 0 Å². The molecule has 0 bridgehead atoms. The summed E-state index contributed by atoms with van der Waals surface area (Å²) < 4.78 is 11.5. The summed E-state index contributed by atoms with van der Waals surface area (Å²) in [5, 5.41) is 5.36. The molecule has 0 atom stereocenters. The second kappa shape index (κ2) is 8.93. The lowest BCUT2D eigenvalue weighted by Crippen LogP contribution is -2.04. The molecule has 0 unspecified atom stereocenters. The molecule has 5 aromatic rings. The number of nitrogens with one attached hydrogen (secondary N) is 3. The summed E-state index contributed by atoms with van der Waals surface area (Å²) in [5.41, 5.74) is 2.80.